The molecule has 0 bridgehead atoms. The molecule has 0 amide bonds. The number of hydrogen-bond donors (Lipinski definition) is 0. The van der Waals surface area contributed by atoms with E-state index in [1.165, 1.54) is 6.54 Å². The van der Waals surface area contributed by atoms with Crippen LogP contribution in [0.3, 0.4) is 0 Å². The first-order chi connectivity index (χ1) is 4.52. The molecule has 0 saturated carbocycles. The third-order valence-electron chi connectivity index (χ3n) is 2.58. The summed E-state index contributed by atoms with van der Waals surface area (Å²) in [7, 11) is 4.59. The fraction of sp³-hybridized carbons (Fsp3) is 0.778. The van der Waals surface area contributed by atoms with Gasteiger partial charge in [-0.3, -0.25) is 0 Å². The van der Waals surface area contributed by atoms with E-state index in [-0.39, 0.29) is 0 Å². The molecule has 1 heteroatoms. The topological polar surface area (TPSA) is 0 Å². The van der Waals surface area contributed by atoms with E-state index in [0.29, 0.717) is 6.04 Å². The Morgan fingerprint density at radius 2 is 1.80 bits per heavy atom. The zero-order valence-corrected chi connectivity index (χ0v) is 7.46. The van der Waals surface area contributed by atoms with Gasteiger partial charge in [0, 0.05) is 5.92 Å². The van der Waals surface area contributed by atoms with Crippen molar-refractivity contribution >= 4 is 0 Å². The van der Waals surface area contributed by atoms with Crippen molar-refractivity contribution in [3.8, 4) is 0 Å². The fourth-order valence-electron chi connectivity index (χ4n) is 1.55. The SMILES string of the molecule is CC1C=CC(C)[N+](C)(C)C1. The lowest BCUT2D eigenvalue weighted by Crippen LogP contribution is -2.50. The van der Waals surface area contributed by atoms with Gasteiger partial charge in [-0.1, -0.05) is 13.0 Å². The van der Waals surface area contributed by atoms with Gasteiger partial charge in [-0.2, -0.15) is 0 Å². The summed E-state index contributed by atoms with van der Waals surface area (Å²) in [4.78, 5) is 0. The highest BCUT2D eigenvalue weighted by Crippen LogP contribution is 2.18. The van der Waals surface area contributed by atoms with Gasteiger partial charge in [-0.05, 0) is 13.0 Å². The summed E-state index contributed by atoms with van der Waals surface area (Å²) in [5.41, 5.74) is 0. The van der Waals surface area contributed by atoms with Crippen molar-refractivity contribution in [2.24, 2.45) is 5.92 Å². The third-order valence-corrected chi connectivity index (χ3v) is 2.58. The molecule has 0 spiro atoms. The Kier molecular flexibility index (Phi) is 1.86. The maximum Gasteiger partial charge on any atom is 0.104 e. The summed E-state index contributed by atoms with van der Waals surface area (Å²) >= 11 is 0. The number of nitrogens with zero attached hydrogens (tertiary/aromatic N) is 1. The summed E-state index contributed by atoms with van der Waals surface area (Å²) in [6.07, 6.45) is 4.66. The van der Waals surface area contributed by atoms with Crippen molar-refractivity contribution in [1.82, 2.24) is 0 Å². The van der Waals surface area contributed by atoms with E-state index in [9.17, 15) is 0 Å². The first-order valence-electron chi connectivity index (χ1n) is 4.03. The van der Waals surface area contributed by atoms with Gasteiger partial charge in [0.1, 0.15) is 6.04 Å². The van der Waals surface area contributed by atoms with Crippen LogP contribution in [0.2, 0.25) is 0 Å². The van der Waals surface area contributed by atoms with Gasteiger partial charge in [-0.25, -0.2) is 0 Å². The van der Waals surface area contributed by atoms with Crippen LogP contribution in [0.4, 0.5) is 0 Å². The molecule has 2 unspecified atom stereocenters. The summed E-state index contributed by atoms with van der Waals surface area (Å²) in [5, 5.41) is 0. The lowest BCUT2D eigenvalue weighted by Gasteiger charge is -2.39. The van der Waals surface area contributed by atoms with E-state index < -0.39 is 0 Å². The second-order valence-electron chi connectivity index (χ2n) is 4.06. The molecule has 0 aliphatic carbocycles. The van der Waals surface area contributed by atoms with Crippen molar-refractivity contribution in [3.05, 3.63) is 12.2 Å². The molecular formula is C9H18N+. The molecule has 1 nitrogen and oxygen atoms in total. The van der Waals surface area contributed by atoms with Gasteiger partial charge in [0.15, 0.2) is 0 Å². The molecule has 0 fully saturated rings. The van der Waals surface area contributed by atoms with Crippen LogP contribution in [-0.2, 0) is 0 Å². The van der Waals surface area contributed by atoms with Crippen molar-refractivity contribution in [2.45, 2.75) is 19.9 Å². The van der Waals surface area contributed by atoms with Crippen LogP contribution < -0.4 is 0 Å². The molecule has 58 valence electrons. The number of rotatable bonds is 0. The monoisotopic (exact) mass is 140 g/mol. The Balaban J connectivity index is 2.72. The zero-order valence-electron chi connectivity index (χ0n) is 7.46. The lowest BCUT2D eigenvalue weighted by molar-refractivity contribution is -0.910. The van der Waals surface area contributed by atoms with E-state index in [2.05, 4.69) is 40.1 Å². The number of likely N-dealkylation sites (N-methyl/N-ethyl adjacent to an activating group) is 1. The van der Waals surface area contributed by atoms with Gasteiger partial charge >= 0.3 is 0 Å². The lowest BCUT2D eigenvalue weighted by atomic mass is 10.0. The second-order valence-corrected chi connectivity index (χ2v) is 4.06. The molecule has 0 saturated heterocycles. The first kappa shape index (κ1) is 7.80. The molecule has 1 rings (SSSR count). The molecule has 2 atom stereocenters. The van der Waals surface area contributed by atoms with Crippen LogP contribution in [0.25, 0.3) is 0 Å². The fourth-order valence-corrected chi connectivity index (χ4v) is 1.55. The van der Waals surface area contributed by atoms with Gasteiger partial charge in [0.2, 0.25) is 0 Å². The van der Waals surface area contributed by atoms with E-state index in [0.717, 1.165) is 10.4 Å². The summed E-state index contributed by atoms with van der Waals surface area (Å²) in [5.74, 6) is 0.756. The Morgan fingerprint density at radius 3 is 2.20 bits per heavy atom. The molecule has 0 aromatic rings. The molecule has 0 radical (unpaired) electrons. The third kappa shape index (κ3) is 1.40. The molecule has 0 aromatic heterocycles. The molecule has 1 heterocycles. The second kappa shape index (κ2) is 2.39. The summed E-state index contributed by atoms with van der Waals surface area (Å²) < 4.78 is 1.14. The van der Waals surface area contributed by atoms with Crippen molar-refractivity contribution in [2.75, 3.05) is 20.6 Å². The standard InChI is InChI=1S/C9H18N/c1-8-5-6-9(2)10(3,4)7-8/h5-6,8-9H,7H2,1-4H3/q+1. The summed E-state index contributed by atoms with van der Waals surface area (Å²) in [6, 6.07) is 0.691. The summed E-state index contributed by atoms with van der Waals surface area (Å²) in [6.45, 7) is 5.84. The predicted molar refractivity (Wildman–Crippen MR) is 44.7 cm³/mol. The van der Waals surface area contributed by atoms with Crippen LogP contribution in [-0.4, -0.2) is 31.2 Å². The normalized spacial score (nSPS) is 38.0. The average molecular weight is 140 g/mol. The van der Waals surface area contributed by atoms with Crippen LogP contribution in [0, 0.1) is 5.92 Å². The van der Waals surface area contributed by atoms with Crippen molar-refractivity contribution in [3.63, 3.8) is 0 Å². The highest BCUT2D eigenvalue weighted by Gasteiger charge is 2.26. The van der Waals surface area contributed by atoms with Gasteiger partial charge in [0.25, 0.3) is 0 Å². The van der Waals surface area contributed by atoms with E-state index in [1.807, 2.05) is 0 Å². The van der Waals surface area contributed by atoms with Crippen LogP contribution >= 0.6 is 0 Å². The van der Waals surface area contributed by atoms with Crippen molar-refractivity contribution < 1.29 is 4.48 Å². The smallest absolute Gasteiger partial charge is 0.104 e. The number of hydrogen-bond acceptors (Lipinski definition) is 0. The Hall–Kier alpha value is -0.300. The van der Waals surface area contributed by atoms with Gasteiger partial charge < -0.3 is 4.48 Å². The highest BCUT2D eigenvalue weighted by atomic mass is 15.3. The largest absolute Gasteiger partial charge is 0.323 e. The van der Waals surface area contributed by atoms with E-state index >= 15 is 0 Å². The number of quaternary nitrogens is 1. The quantitative estimate of drug-likeness (QED) is 0.354. The Labute approximate surface area is 63.9 Å². The van der Waals surface area contributed by atoms with Crippen LogP contribution in [0.15, 0.2) is 12.2 Å². The molecule has 0 N–H and O–H groups in total. The maximum atomic E-state index is 2.33. The minimum Gasteiger partial charge on any atom is -0.323 e. The van der Waals surface area contributed by atoms with Gasteiger partial charge in [-0.15, -0.1) is 0 Å². The maximum absolute atomic E-state index is 2.33. The highest BCUT2D eigenvalue weighted by molar-refractivity contribution is 4.94. The predicted octanol–water partition coefficient (Wildman–Crippen LogP) is 1.66. The Bertz CT molecular complexity index is 147. The Morgan fingerprint density at radius 1 is 1.20 bits per heavy atom. The molecule has 1 aliphatic rings. The first-order valence-corrected chi connectivity index (χ1v) is 4.03. The molecule has 0 aromatic carbocycles. The van der Waals surface area contributed by atoms with E-state index in [4.69, 9.17) is 0 Å². The van der Waals surface area contributed by atoms with E-state index in [1.54, 1.807) is 0 Å². The average Bonchev–Trinajstić information content (AvgIpc) is 1.78. The minimum absolute atomic E-state index is 0.691. The minimum atomic E-state index is 0.691. The van der Waals surface area contributed by atoms with Crippen LogP contribution in [0.5, 0.6) is 0 Å². The van der Waals surface area contributed by atoms with Crippen LogP contribution in [0.1, 0.15) is 13.8 Å². The van der Waals surface area contributed by atoms with Gasteiger partial charge in [0.05, 0.1) is 20.6 Å². The van der Waals surface area contributed by atoms with Crippen molar-refractivity contribution in [1.29, 1.82) is 0 Å². The molecule has 10 heavy (non-hydrogen) atoms. The zero-order chi connectivity index (χ0) is 7.78. The molecule has 1 aliphatic heterocycles. The molecular weight excluding hydrogens is 122 g/mol.